The maximum atomic E-state index is 13.4. The van der Waals surface area contributed by atoms with Gasteiger partial charge in [-0.1, -0.05) is 30.3 Å². The van der Waals surface area contributed by atoms with Gasteiger partial charge in [0.15, 0.2) is 0 Å². The summed E-state index contributed by atoms with van der Waals surface area (Å²) in [5.41, 5.74) is 2.41. The highest BCUT2D eigenvalue weighted by Gasteiger charge is 2.25. The minimum absolute atomic E-state index is 0.125. The topological polar surface area (TPSA) is 64.7 Å². The number of para-hydroxylation sites is 1. The van der Waals surface area contributed by atoms with Crippen LogP contribution in [0.4, 0.5) is 10.1 Å². The molecule has 1 aliphatic rings. The molecule has 2 aromatic rings. The third-order valence-corrected chi connectivity index (χ3v) is 5.29. The standard InChI is InChI=1S/C22H27FN4O2/c1-16-5-3-4-6-19(16)25-22(29)21(28)24-15-20(17-7-9-18(23)10-8-17)27-13-11-26(2)12-14-27/h3-10,20H,11-15H2,1-2H3,(H,24,28)(H,25,29)/t20-/m1/s1. The largest absolute Gasteiger partial charge is 0.346 e. The van der Waals surface area contributed by atoms with Gasteiger partial charge in [0.1, 0.15) is 5.82 Å². The van der Waals surface area contributed by atoms with Crippen LogP contribution >= 0.6 is 0 Å². The summed E-state index contributed by atoms with van der Waals surface area (Å²) in [6.07, 6.45) is 0. The van der Waals surface area contributed by atoms with Crippen LogP contribution in [0.1, 0.15) is 17.2 Å². The van der Waals surface area contributed by atoms with E-state index in [4.69, 9.17) is 0 Å². The molecular weight excluding hydrogens is 371 g/mol. The molecule has 1 heterocycles. The molecule has 2 amide bonds. The number of carbonyl (C=O) groups excluding carboxylic acids is 2. The average molecular weight is 398 g/mol. The summed E-state index contributed by atoms with van der Waals surface area (Å²) in [6.45, 7) is 5.65. The number of piperazine rings is 1. The van der Waals surface area contributed by atoms with Crippen molar-refractivity contribution >= 4 is 17.5 Å². The second-order valence-electron chi connectivity index (χ2n) is 7.39. The summed E-state index contributed by atoms with van der Waals surface area (Å²) in [6, 6.07) is 13.5. The van der Waals surface area contributed by atoms with E-state index in [-0.39, 0.29) is 18.4 Å². The molecule has 1 aliphatic heterocycles. The van der Waals surface area contributed by atoms with Crippen molar-refractivity contribution in [3.8, 4) is 0 Å². The number of nitrogens with zero attached hydrogens (tertiary/aromatic N) is 2. The summed E-state index contributed by atoms with van der Waals surface area (Å²) in [5.74, 6) is -1.68. The van der Waals surface area contributed by atoms with E-state index in [0.29, 0.717) is 5.69 Å². The number of amides is 2. The van der Waals surface area contributed by atoms with Crippen LogP contribution in [0.3, 0.4) is 0 Å². The lowest BCUT2D eigenvalue weighted by Crippen LogP contribution is -2.49. The van der Waals surface area contributed by atoms with Gasteiger partial charge in [0.25, 0.3) is 0 Å². The summed E-state index contributed by atoms with van der Waals surface area (Å²) in [5, 5.41) is 5.39. The third-order valence-electron chi connectivity index (χ3n) is 5.29. The van der Waals surface area contributed by atoms with Gasteiger partial charge in [0.2, 0.25) is 0 Å². The van der Waals surface area contributed by atoms with Crippen LogP contribution < -0.4 is 10.6 Å². The second kappa shape index (κ2) is 9.62. The molecular formula is C22H27FN4O2. The molecule has 0 aromatic heterocycles. The monoisotopic (exact) mass is 398 g/mol. The first-order valence-corrected chi connectivity index (χ1v) is 9.77. The first-order chi connectivity index (χ1) is 13.9. The maximum absolute atomic E-state index is 13.4. The molecule has 1 atom stereocenters. The molecule has 0 radical (unpaired) electrons. The molecule has 6 nitrogen and oxygen atoms in total. The van der Waals surface area contributed by atoms with E-state index in [9.17, 15) is 14.0 Å². The van der Waals surface area contributed by atoms with Crippen molar-refractivity contribution in [1.82, 2.24) is 15.1 Å². The number of halogens is 1. The number of anilines is 1. The summed E-state index contributed by atoms with van der Waals surface area (Å²) in [7, 11) is 2.07. The van der Waals surface area contributed by atoms with E-state index >= 15 is 0 Å². The van der Waals surface area contributed by atoms with Gasteiger partial charge in [0.05, 0.1) is 6.04 Å². The fourth-order valence-corrected chi connectivity index (χ4v) is 3.44. The van der Waals surface area contributed by atoms with Crippen molar-refractivity contribution in [1.29, 1.82) is 0 Å². The van der Waals surface area contributed by atoms with Crippen LogP contribution in [-0.4, -0.2) is 61.4 Å². The third kappa shape index (κ3) is 5.62. The van der Waals surface area contributed by atoms with Gasteiger partial charge in [0, 0.05) is 38.4 Å². The molecule has 2 N–H and O–H groups in total. The first kappa shape index (κ1) is 21.0. The van der Waals surface area contributed by atoms with Gasteiger partial charge in [-0.3, -0.25) is 14.5 Å². The molecule has 0 spiro atoms. The minimum atomic E-state index is -0.699. The van der Waals surface area contributed by atoms with Gasteiger partial charge in [-0.2, -0.15) is 0 Å². The van der Waals surface area contributed by atoms with Crippen molar-refractivity contribution in [2.24, 2.45) is 0 Å². The molecule has 29 heavy (non-hydrogen) atoms. The molecule has 0 unspecified atom stereocenters. The SMILES string of the molecule is Cc1ccccc1NC(=O)C(=O)NC[C@H](c1ccc(F)cc1)N1CCN(C)CC1. The van der Waals surface area contributed by atoms with Crippen molar-refractivity contribution < 1.29 is 14.0 Å². The highest BCUT2D eigenvalue weighted by atomic mass is 19.1. The Morgan fingerprint density at radius 3 is 2.31 bits per heavy atom. The zero-order valence-corrected chi connectivity index (χ0v) is 16.8. The fraction of sp³-hybridized carbons (Fsp3) is 0.364. The Hall–Kier alpha value is -2.77. The summed E-state index contributed by atoms with van der Waals surface area (Å²) >= 11 is 0. The molecule has 3 rings (SSSR count). The fourth-order valence-electron chi connectivity index (χ4n) is 3.44. The van der Waals surface area contributed by atoms with Crippen LogP contribution in [0.2, 0.25) is 0 Å². The average Bonchev–Trinajstić information content (AvgIpc) is 2.72. The van der Waals surface area contributed by atoms with Gasteiger partial charge < -0.3 is 15.5 Å². The molecule has 1 saturated heterocycles. The number of rotatable bonds is 5. The van der Waals surface area contributed by atoms with Crippen LogP contribution in [0, 0.1) is 12.7 Å². The van der Waals surface area contributed by atoms with E-state index in [1.807, 2.05) is 19.1 Å². The number of benzene rings is 2. The van der Waals surface area contributed by atoms with Crippen LogP contribution in [-0.2, 0) is 9.59 Å². The lowest BCUT2D eigenvalue weighted by Gasteiger charge is -2.38. The lowest BCUT2D eigenvalue weighted by atomic mass is 10.0. The van der Waals surface area contributed by atoms with E-state index in [1.54, 1.807) is 24.3 Å². The Morgan fingerprint density at radius 1 is 1.00 bits per heavy atom. The van der Waals surface area contributed by atoms with E-state index < -0.39 is 11.8 Å². The minimum Gasteiger partial charge on any atom is -0.346 e. The molecule has 1 fully saturated rings. The maximum Gasteiger partial charge on any atom is 0.313 e. The quantitative estimate of drug-likeness (QED) is 0.758. The highest BCUT2D eigenvalue weighted by molar-refractivity contribution is 6.39. The Bertz CT molecular complexity index is 848. The predicted molar refractivity (Wildman–Crippen MR) is 111 cm³/mol. The Morgan fingerprint density at radius 2 is 1.66 bits per heavy atom. The number of hydrogen-bond acceptors (Lipinski definition) is 4. The Balaban J connectivity index is 1.65. The highest BCUT2D eigenvalue weighted by Crippen LogP contribution is 2.22. The number of carbonyl (C=O) groups is 2. The first-order valence-electron chi connectivity index (χ1n) is 9.77. The smallest absolute Gasteiger partial charge is 0.313 e. The zero-order valence-electron chi connectivity index (χ0n) is 16.8. The van der Waals surface area contributed by atoms with Crippen LogP contribution in [0.5, 0.6) is 0 Å². The molecule has 0 bridgehead atoms. The second-order valence-corrected chi connectivity index (χ2v) is 7.39. The van der Waals surface area contributed by atoms with Gasteiger partial charge >= 0.3 is 11.8 Å². The zero-order chi connectivity index (χ0) is 20.8. The van der Waals surface area contributed by atoms with Crippen molar-refractivity contribution in [3.63, 3.8) is 0 Å². The van der Waals surface area contributed by atoms with E-state index in [1.165, 1.54) is 12.1 Å². The molecule has 0 aliphatic carbocycles. The van der Waals surface area contributed by atoms with Crippen molar-refractivity contribution in [3.05, 3.63) is 65.5 Å². The van der Waals surface area contributed by atoms with Gasteiger partial charge in [-0.25, -0.2) is 4.39 Å². The van der Waals surface area contributed by atoms with Crippen LogP contribution in [0.25, 0.3) is 0 Å². The normalized spacial score (nSPS) is 16.2. The number of nitrogens with one attached hydrogen (secondary N) is 2. The van der Waals surface area contributed by atoms with Crippen LogP contribution in [0.15, 0.2) is 48.5 Å². The Kier molecular flexibility index (Phi) is 6.95. The predicted octanol–water partition coefficient (Wildman–Crippen LogP) is 2.18. The van der Waals surface area contributed by atoms with Crippen molar-refractivity contribution in [2.75, 3.05) is 45.1 Å². The molecule has 2 aromatic carbocycles. The number of likely N-dealkylation sites (N-methyl/N-ethyl adjacent to an activating group) is 1. The van der Waals surface area contributed by atoms with E-state index in [2.05, 4.69) is 27.5 Å². The lowest BCUT2D eigenvalue weighted by molar-refractivity contribution is -0.136. The van der Waals surface area contributed by atoms with Gasteiger partial charge in [-0.05, 0) is 43.3 Å². The molecule has 0 saturated carbocycles. The van der Waals surface area contributed by atoms with Gasteiger partial charge in [-0.15, -0.1) is 0 Å². The molecule has 7 heteroatoms. The molecule has 154 valence electrons. The summed E-state index contributed by atoms with van der Waals surface area (Å²) in [4.78, 5) is 29.2. The number of aryl methyl sites for hydroxylation is 1. The summed E-state index contributed by atoms with van der Waals surface area (Å²) < 4.78 is 13.4. The number of hydrogen-bond donors (Lipinski definition) is 2. The Labute approximate surface area is 170 Å². The van der Waals surface area contributed by atoms with Crippen molar-refractivity contribution in [2.45, 2.75) is 13.0 Å². The van der Waals surface area contributed by atoms with E-state index in [0.717, 1.165) is 37.3 Å².